The Morgan fingerprint density at radius 3 is 2.67 bits per heavy atom. The summed E-state index contributed by atoms with van der Waals surface area (Å²) in [5, 5.41) is 3.34. The van der Waals surface area contributed by atoms with Crippen LogP contribution in [-0.4, -0.2) is 53.5 Å². The molecule has 1 atom stereocenters. The minimum absolute atomic E-state index is 0.117. The van der Waals surface area contributed by atoms with Crippen molar-refractivity contribution in [2.75, 3.05) is 52.5 Å². The van der Waals surface area contributed by atoms with Crippen molar-refractivity contribution >= 4 is 11.6 Å². The lowest BCUT2D eigenvalue weighted by atomic mass is 10.0. The summed E-state index contributed by atoms with van der Waals surface area (Å²) in [6.07, 6.45) is 2.62. The van der Waals surface area contributed by atoms with E-state index in [0.29, 0.717) is 37.0 Å². The first kappa shape index (κ1) is 18.5. The molecule has 1 aromatic carbocycles. The molecule has 0 radical (unpaired) electrons. The monoisotopic (exact) mass is 336 g/mol. The Morgan fingerprint density at radius 1 is 1.25 bits per heavy atom. The molecular weight excluding hydrogens is 308 g/mol. The predicted molar refractivity (Wildman–Crippen MR) is 94.0 cm³/mol. The Morgan fingerprint density at radius 2 is 2.04 bits per heavy atom. The fourth-order valence-electron chi connectivity index (χ4n) is 3.00. The van der Waals surface area contributed by atoms with Crippen LogP contribution in [0.15, 0.2) is 18.2 Å². The zero-order chi connectivity index (χ0) is 17.4. The van der Waals surface area contributed by atoms with Crippen molar-refractivity contribution in [1.82, 2.24) is 5.32 Å². The molecule has 0 aliphatic carbocycles. The number of benzene rings is 1. The summed E-state index contributed by atoms with van der Waals surface area (Å²) in [5.41, 5.74) is 0.805. The fourth-order valence-corrected chi connectivity index (χ4v) is 3.00. The third-order valence-electron chi connectivity index (χ3n) is 4.43. The Labute approximate surface area is 144 Å². The van der Waals surface area contributed by atoms with Crippen LogP contribution in [0.3, 0.4) is 0 Å². The van der Waals surface area contributed by atoms with Gasteiger partial charge in [-0.15, -0.1) is 0 Å². The van der Waals surface area contributed by atoms with Crippen molar-refractivity contribution in [3.63, 3.8) is 0 Å². The van der Waals surface area contributed by atoms with Gasteiger partial charge in [0, 0.05) is 31.8 Å². The molecule has 1 unspecified atom stereocenters. The molecule has 1 amide bonds. The highest BCUT2D eigenvalue weighted by Crippen LogP contribution is 2.32. The molecule has 0 bridgehead atoms. The summed E-state index contributed by atoms with van der Waals surface area (Å²) in [6, 6.07) is 5.54. The van der Waals surface area contributed by atoms with E-state index in [0.717, 1.165) is 31.6 Å². The topological polar surface area (TPSA) is 60.0 Å². The normalized spacial score (nSPS) is 16.9. The van der Waals surface area contributed by atoms with E-state index >= 15 is 0 Å². The fraction of sp³-hybridized carbons (Fsp3) is 0.611. The average molecular weight is 336 g/mol. The third kappa shape index (κ3) is 4.85. The number of carbonyl (C=O) groups is 1. The predicted octanol–water partition coefficient (Wildman–Crippen LogP) is 2.07. The van der Waals surface area contributed by atoms with Crippen LogP contribution in [0.2, 0.25) is 0 Å². The first-order chi connectivity index (χ1) is 11.7. The van der Waals surface area contributed by atoms with Crippen LogP contribution >= 0.6 is 0 Å². The van der Waals surface area contributed by atoms with Gasteiger partial charge in [0.15, 0.2) is 11.5 Å². The van der Waals surface area contributed by atoms with Gasteiger partial charge in [0.2, 0.25) is 5.91 Å². The number of methoxy groups -OCH3 is 3. The molecule has 6 nitrogen and oxygen atoms in total. The zero-order valence-corrected chi connectivity index (χ0v) is 14.8. The van der Waals surface area contributed by atoms with E-state index in [1.165, 1.54) is 0 Å². The molecule has 1 aliphatic rings. The van der Waals surface area contributed by atoms with E-state index in [2.05, 4.69) is 5.32 Å². The van der Waals surface area contributed by atoms with Gasteiger partial charge in [-0.25, -0.2) is 0 Å². The van der Waals surface area contributed by atoms with Gasteiger partial charge in [-0.2, -0.15) is 0 Å². The quantitative estimate of drug-likeness (QED) is 0.748. The molecule has 1 fully saturated rings. The Hall–Kier alpha value is -1.79. The van der Waals surface area contributed by atoms with Gasteiger partial charge in [-0.1, -0.05) is 0 Å². The van der Waals surface area contributed by atoms with Gasteiger partial charge in [0.05, 0.1) is 20.8 Å². The number of hydrogen-bond donors (Lipinski definition) is 1. The molecule has 1 N–H and O–H groups in total. The standard InChI is InChI=1S/C18H28N2O4/c1-22-11-10-20(18(21)7-4-14-8-9-19-13-14)15-5-6-16(23-2)17(12-15)24-3/h5-6,12,14,19H,4,7-11,13H2,1-3H3. The maximum Gasteiger partial charge on any atom is 0.227 e. The van der Waals surface area contributed by atoms with Gasteiger partial charge in [-0.3, -0.25) is 4.79 Å². The lowest BCUT2D eigenvalue weighted by Gasteiger charge is -2.24. The van der Waals surface area contributed by atoms with E-state index in [4.69, 9.17) is 14.2 Å². The lowest BCUT2D eigenvalue weighted by molar-refractivity contribution is -0.119. The number of nitrogens with zero attached hydrogens (tertiary/aromatic N) is 1. The van der Waals surface area contributed by atoms with Crippen molar-refractivity contribution < 1.29 is 19.0 Å². The number of nitrogens with one attached hydrogen (secondary N) is 1. The van der Waals surface area contributed by atoms with Crippen LogP contribution in [0.25, 0.3) is 0 Å². The van der Waals surface area contributed by atoms with Crippen molar-refractivity contribution in [3.8, 4) is 11.5 Å². The van der Waals surface area contributed by atoms with Crippen molar-refractivity contribution in [3.05, 3.63) is 18.2 Å². The molecule has 1 aromatic rings. The lowest BCUT2D eigenvalue weighted by Crippen LogP contribution is -2.34. The summed E-state index contributed by atoms with van der Waals surface area (Å²) < 4.78 is 15.8. The Bertz CT molecular complexity index is 530. The van der Waals surface area contributed by atoms with E-state index < -0.39 is 0 Å². The summed E-state index contributed by atoms with van der Waals surface area (Å²) in [7, 11) is 4.83. The minimum Gasteiger partial charge on any atom is -0.493 e. The van der Waals surface area contributed by atoms with Crippen LogP contribution in [0.5, 0.6) is 11.5 Å². The molecule has 1 saturated heterocycles. The van der Waals surface area contributed by atoms with Crippen molar-refractivity contribution in [1.29, 1.82) is 0 Å². The van der Waals surface area contributed by atoms with Crippen LogP contribution < -0.4 is 19.7 Å². The first-order valence-electron chi connectivity index (χ1n) is 8.41. The number of carbonyl (C=O) groups excluding carboxylic acids is 1. The van der Waals surface area contributed by atoms with Crippen LogP contribution in [0, 0.1) is 5.92 Å². The van der Waals surface area contributed by atoms with E-state index in [1.807, 2.05) is 18.2 Å². The third-order valence-corrected chi connectivity index (χ3v) is 4.43. The van der Waals surface area contributed by atoms with Crippen LogP contribution in [0.4, 0.5) is 5.69 Å². The van der Waals surface area contributed by atoms with Gasteiger partial charge in [0.1, 0.15) is 0 Å². The highest BCUT2D eigenvalue weighted by atomic mass is 16.5. The molecule has 0 aromatic heterocycles. The van der Waals surface area contributed by atoms with Gasteiger partial charge in [0.25, 0.3) is 0 Å². The highest BCUT2D eigenvalue weighted by molar-refractivity contribution is 5.93. The highest BCUT2D eigenvalue weighted by Gasteiger charge is 2.21. The SMILES string of the molecule is COCCN(C(=O)CCC1CCNC1)c1ccc(OC)c(OC)c1. The van der Waals surface area contributed by atoms with Gasteiger partial charge < -0.3 is 24.4 Å². The molecule has 0 saturated carbocycles. The van der Waals surface area contributed by atoms with E-state index in [-0.39, 0.29) is 5.91 Å². The van der Waals surface area contributed by atoms with Crippen molar-refractivity contribution in [2.45, 2.75) is 19.3 Å². The maximum atomic E-state index is 12.7. The molecule has 134 valence electrons. The Balaban J connectivity index is 2.09. The number of hydrogen-bond acceptors (Lipinski definition) is 5. The molecular formula is C18H28N2O4. The molecule has 0 spiro atoms. The molecule has 6 heteroatoms. The van der Waals surface area contributed by atoms with Gasteiger partial charge >= 0.3 is 0 Å². The summed E-state index contributed by atoms with van der Waals surface area (Å²) in [5.74, 6) is 1.98. The van der Waals surface area contributed by atoms with Gasteiger partial charge in [-0.05, 0) is 44.0 Å². The number of anilines is 1. The average Bonchev–Trinajstić information content (AvgIpc) is 3.13. The first-order valence-corrected chi connectivity index (χ1v) is 8.41. The number of ether oxygens (including phenoxy) is 3. The molecule has 2 rings (SSSR count). The van der Waals surface area contributed by atoms with Crippen LogP contribution in [0.1, 0.15) is 19.3 Å². The summed E-state index contributed by atoms with van der Waals surface area (Å²) >= 11 is 0. The second-order valence-corrected chi connectivity index (χ2v) is 5.97. The van der Waals surface area contributed by atoms with E-state index in [9.17, 15) is 4.79 Å². The summed E-state index contributed by atoms with van der Waals surface area (Å²) in [6.45, 7) is 3.09. The molecule has 1 heterocycles. The molecule has 24 heavy (non-hydrogen) atoms. The van der Waals surface area contributed by atoms with Crippen LogP contribution in [-0.2, 0) is 9.53 Å². The smallest absolute Gasteiger partial charge is 0.227 e. The largest absolute Gasteiger partial charge is 0.493 e. The zero-order valence-electron chi connectivity index (χ0n) is 14.8. The molecule has 1 aliphatic heterocycles. The minimum atomic E-state index is 0.117. The Kier molecular flexibility index (Phi) is 7.34. The van der Waals surface area contributed by atoms with Crippen molar-refractivity contribution in [2.24, 2.45) is 5.92 Å². The second kappa shape index (κ2) is 9.49. The summed E-state index contributed by atoms with van der Waals surface area (Å²) in [4.78, 5) is 14.5. The van der Waals surface area contributed by atoms with E-state index in [1.54, 1.807) is 26.2 Å². The second-order valence-electron chi connectivity index (χ2n) is 5.97. The number of amides is 1. The maximum absolute atomic E-state index is 12.7. The number of rotatable bonds is 9.